The van der Waals surface area contributed by atoms with E-state index >= 15 is 0 Å². The van der Waals surface area contributed by atoms with Gasteiger partial charge in [0.2, 0.25) is 5.91 Å². The minimum absolute atomic E-state index is 0. The molecule has 0 aliphatic rings. The highest BCUT2D eigenvalue weighted by Crippen LogP contribution is 2.28. The lowest BCUT2D eigenvalue weighted by Gasteiger charge is -2.14. The summed E-state index contributed by atoms with van der Waals surface area (Å²) in [5.74, 6) is 0.905. The number of ether oxygens (including phenoxy) is 1. The van der Waals surface area contributed by atoms with Crippen LogP contribution in [0.5, 0.6) is 5.75 Å². The van der Waals surface area contributed by atoms with Crippen molar-refractivity contribution in [1.82, 2.24) is 10.6 Å². The van der Waals surface area contributed by atoms with E-state index in [4.69, 9.17) is 4.74 Å². The van der Waals surface area contributed by atoms with Crippen LogP contribution in [-0.4, -0.2) is 25.6 Å². The molecule has 2 rings (SSSR count). The Morgan fingerprint density at radius 3 is 2.65 bits per heavy atom. The minimum Gasteiger partial charge on any atom is -0.494 e. The van der Waals surface area contributed by atoms with E-state index in [0.717, 1.165) is 29.7 Å². The summed E-state index contributed by atoms with van der Waals surface area (Å²) < 4.78 is 5.73. The van der Waals surface area contributed by atoms with Gasteiger partial charge in [-0.2, -0.15) is 0 Å². The van der Waals surface area contributed by atoms with Crippen molar-refractivity contribution < 1.29 is 9.53 Å². The zero-order valence-electron chi connectivity index (χ0n) is 13.7. The normalized spacial score (nSPS) is 10.2. The van der Waals surface area contributed by atoms with E-state index in [1.165, 1.54) is 5.39 Å². The van der Waals surface area contributed by atoms with E-state index in [0.29, 0.717) is 19.7 Å². The minimum atomic E-state index is 0. The molecule has 0 atom stereocenters. The number of halogens is 1. The average molecular weight is 337 g/mol. The fourth-order valence-electron chi connectivity index (χ4n) is 2.42. The summed E-state index contributed by atoms with van der Waals surface area (Å²) in [6.07, 6.45) is 0.948. The zero-order valence-corrected chi connectivity index (χ0v) is 14.5. The standard InChI is InChI=1S/C18H24N2O2.ClH/c1-3-11-20-18(21)13-19-12-16-15-8-6-5-7-14(15)9-10-17(16)22-4-2;/h5-10,19H,3-4,11-13H2,1-2H3,(H,20,21);1H. The van der Waals surface area contributed by atoms with Crippen LogP contribution in [0.3, 0.4) is 0 Å². The van der Waals surface area contributed by atoms with Gasteiger partial charge < -0.3 is 15.4 Å². The van der Waals surface area contributed by atoms with E-state index in [2.05, 4.69) is 28.8 Å². The zero-order chi connectivity index (χ0) is 15.8. The molecule has 4 nitrogen and oxygen atoms in total. The van der Waals surface area contributed by atoms with Crippen molar-refractivity contribution in [1.29, 1.82) is 0 Å². The lowest BCUT2D eigenvalue weighted by Crippen LogP contribution is -2.34. The summed E-state index contributed by atoms with van der Waals surface area (Å²) in [5.41, 5.74) is 1.10. The first-order valence-corrected chi connectivity index (χ1v) is 7.87. The van der Waals surface area contributed by atoms with Crippen LogP contribution in [0.25, 0.3) is 10.8 Å². The van der Waals surface area contributed by atoms with Crippen molar-refractivity contribution >= 4 is 29.1 Å². The first-order valence-electron chi connectivity index (χ1n) is 7.87. The molecule has 0 saturated carbocycles. The molecular formula is C18H25ClN2O2. The molecule has 0 aromatic heterocycles. The van der Waals surface area contributed by atoms with Crippen LogP contribution in [0.1, 0.15) is 25.8 Å². The second-order valence-corrected chi connectivity index (χ2v) is 5.15. The molecule has 0 radical (unpaired) electrons. The predicted octanol–water partition coefficient (Wildman–Crippen LogP) is 3.28. The summed E-state index contributed by atoms with van der Waals surface area (Å²) in [6.45, 7) is 6.29. The highest BCUT2D eigenvalue weighted by molar-refractivity contribution is 5.88. The van der Waals surface area contributed by atoms with Crippen LogP contribution in [0.15, 0.2) is 36.4 Å². The van der Waals surface area contributed by atoms with E-state index in [9.17, 15) is 4.79 Å². The first kappa shape index (κ1) is 19.3. The average Bonchev–Trinajstić information content (AvgIpc) is 2.54. The highest BCUT2D eigenvalue weighted by Gasteiger charge is 2.09. The number of rotatable bonds is 8. The summed E-state index contributed by atoms with van der Waals surface area (Å²) in [7, 11) is 0. The number of hydrogen-bond donors (Lipinski definition) is 2. The maximum Gasteiger partial charge on any atom is 0.233 e. The molecule has 2 aromatic carbocycles. The molecule has 126 valence electrons. The number of benzene rings is 2. The molecule has 0 bridgehead atoms. The number of nitrogens with one attached hydrogen (secondary N) is 2. The second kappa shape index (κ2) is 10.1. The third-order valence-corrected chi connectivity index (χ3v) is 3.46. The van der Waals surface area contributed by atoms with Crippen LogP contribution in [0.2, 0.25) is 0 Å². The van der Waals surface area contributed by atoms with Gasteiger partial charge in [-0.3, -0.25) is 4.79 Å². The van der Waals surface area contributed by atoms with Crippen LogP contribution in [-0.2, 0) is 11.3 Å². The van der Waals surface area contributed by atoms with E-state index in [-0.39, 0.29) is 18.3 Å². The van der Waals surface area contributed by atoms with Gasteiger partial charge in [0.25, 0.3) is 0 Å². The van der Waals surface area contributed by atoms with Gasteiger partial charge in [-0.25, -0.2) is 0 Å². The third kappa shape index (κ3) is 5.41. The number of hydrogen-bond acceptors (Lipinski definition) is 3. The van der Waals surface area contributed by atoms with Gasteiger partial charge in [0.15, 0.2) is 0 Å². The van der Waals surface area contributed by atoms with E-state index in [1.54, 1.807) is 0 Å². The van der Waals surface area contributed by atoms with Crippen molar-refractivity contribution in [3.8, 4) is 5.75 Å². The Morgan fingerprint density at radius 1 is 1.13 bits per heavy atom. The van der Waals surface area contributed by atoms with Gasteiger partial charge in [-0.1, -0.05) is 37.3 Å². The van der Waals surface area contributed by atoms with Crippen molar-refractivity contribution in [2.75, 3.05) is 19.7 Å². The molecule has 0 unspecified atom stereocenters. The van der Waals surface area contributed by atoms with E-state index < -0.39 is 0 Å². The summed E-state index contributed by atoms with van der Waals surface area (Å²) in [5, 5.41) is 8.41. The SMILES string of the molecule is CCCNC(=O)CNCc1c(OCC)ccc2ccccc12.Cl. The summed E-state index contributed by atoms with van der Waals surface area (Å²) in [4.78, 5) is 11.7. The van der Waals surface area contributed by atoms with Crippen molar-refractivity contribution in [3.63, 3.8) is 0 Å². The highest BCUT2D eigenvalue weighted by atomic mass is 35.5. The van der Waals surface area contributed by atoms with Crippen molar-refractivity contribution in [3.05, 3.63) is 42.0 Å². The van der Waals surface area contributed by atoms with Gasteiger partial charge in [0.05, 0.1) is 13.2 Å². The quantitative estimate of drug-likeness (QED) is 0.777. The maximum absolute atomic E-state index is 11.7. The second-order valence-electron chi connectivity index (χ2n) is 5.15. The summed E-state index contributed by atoms with van der Waals surface area (Å²) >= 11 is 0. The van der Waals surface area contributed by atoms with Gasteiger partial charge in [0.1, 0.15) is 5.75 Å². The Balaban J connectivity index is 0.00000264. The van der Waals surface area contributed by atoms with Gasteiger partial charge in [-0.05, 0) is 30.2 Å². The van der Waals surface area contributed by atoms with Crippen molar-refractivity contribution in [2.24, 2.45) is 0 Å². The monoisotopic (exact) mass is 336 g/mol. The molecule has 0 aliphatic heterocycles. The maximum atomic E-state index is 11.7. The fraction of sp³-hybridized carbons (Fsp3) is 0.389. The van der Waals surface area contributed by atoms with E-state index in [1.807, 2.05) is 32.0 Å². The molecule has 1 amide bonds. The molecule has 0 heterocycles. The predicted molar refractivity (Wildman–Crippen MR) is 97.4 cm³/mol. The lowest BCUT2D eigenvalue weighted by atomic mass is 10.0. The molecule has 23 heavy (non-hydrogen) atoms. The Kier molecular flexibility index (Phi) is 8.45. The molecule has 0 aliphatic carbocycles. The van der Waals surface area contributed by atoms with Gasteiger partial charge >= 0.3 is 0 Å². The first-order chi connectivity index (χ1) is 10.8. The lowest BCUT2D eigenvalue weighted by molar-refractivity contribution is -0.120. The molecule has 0 fully saturated rings. The number of fused-ring (bicyclic) bond motifs is 1. The topological polar surface area (TPSA) is 50.4 Å². The Bertz CT molecular complexity index is 631. The Labute approximate surface area is 144 Å². The molecule has 2 N–H and O–H groups in total. The number of carbonyl (C=O) groups is 1. The number of amides is 1. The summed E-state index contributed by atoms with van der Waals surface area (Å²) in [6, 6.07) is 12.3. The van der Waals surface area contributed by atoms with Crippen LogP contribution in [0, 0.1) is 0 Å². The van der Waals surface area contributed by atoms with Gasteiger partial charge in [0, 0.05) is 18.7 Å². The molecular weight excluding hydrogens is 312 g/mol. The van der Waals surface area contributed by atoms with Crippen LogP contribution in [0.4, 0.5) is 0 Å². The Morgan fingerprint density at radius 2 is 1.91 bits per heavy atom. The Hall–Kier alpha value is -1.78. The number of carbonyl (C=O) groups excluding carboxylic acids is 1. The third-order valence-electron chi connectivity index (χ3n) is 3.46. The molecule has 0 spiro atoms. The molecule has 5 heteroatoms. The van der Waals surface area contributed by atoms with Gasteiger partial charge in [-0.15, -0.1) is 12.4 Å². The smallest absolute Gasteiger partial charge is 0.233 e. The largest absolute Gasteiger partial charge is 0.494 e. The van der Waals surface area contributed by atoms with Crippen LogP contribution >= 0.6 is 12.4 Å². The molecule has 0 saturated heterocycles. The fourth-order valence-corrected chi connectivity index (χ4v) is 2.42. The van der Waals surface area contributed by atoms with Crippen molar-refractivity contribution in [2.45, 2.75) is 26.8 Å². The van der Waals surface area contributed by atoms with Crippen LogP contribution < -0.4 is 15.4 Å². The molecule has 2 aromatic rings.